The summed E-state index contributed by atoms with van der Waals surface area (Å²) < 4.78 is 13.7. The van der Waals surface area contributed by atoms with Crippen LogP contribution < -0.4 is 5.32 Å². The minimum Gasteiger partial charge on any atom is -0.313 e. The van der Waals surface area contributed by atoms with Crippen molar-refractivity contribution in [1.29, 1.82) is 0 Å². The zero-order valence-corrected chi connectivity index (χ0v) is 10.8. The third kappa shape index (κ3) is 3.06. The summed E-state index contributed by atoms with van der Waals surface area (Å²) in [7, 11) is 1.81. The molecule has 0 fully saturated rings. The van der Waals surface area contributed by atoms with Crippen molar-refractivity contribution in [3.63, 3.8) is 0 Å². The summed E-state index contributed by atoms with van der Waals surface area (Å²) in [5.41, 5.74) is 1.69. The lowest BCUT2D eigenvalue weighted by atomic mass is 9.99. The van der Waals surface area contributed by atoms with Crippen molar-refractivity contribution < 1.29 is 4.39 Å². The van der Waals surface area contributed by atoms with Crippen LogP contribution in [0.5, 0.6) is 0 Å². The SMILES string of the molecule is CNC(Cc1cccc(Cl)c1)c1ccncc1F. The van der Waals surface area contributed by atoms with Crippen LogP contribution in [0.1, 0.15) is 17.2 Å². The van der Waals surface area contributed by atoms with Crippen LogP contribution in [0.4, 0.5) is 4.39 Å². The van der Waals surface area contributed by atoms with E-state index in [0.717, 1.165) is 5.56 Å². The monoisotopic (exact) mass is 264 g/mol. The fourth-order valence-corrected chi connectivity index (χ4v) is 2.15. The fraction of sp³-hybridized carbons (Fsp3) is 0.214. The Morgan fingerprint density at radius 3 is 2.89 bits per heavy atom. The highest BCUT2D eigenvalue weighted by molar-refractivity contribution is 6.30. The van der Waals surface area contributed by atoms with E-state index in [9.17, 15) is 4.39 Å². The topological polar surface area (TPSA) is 24.9 Å². The first kappa shape index (κ1) is 13.0. The van der Waals surface area contributed by atoms with Crippen molar-refractivity contribution >= 4 is 11.6 Å². The van der Waals surface area contributed by atoms with E-state index in [0.29, 0.717) is 17.0 Å². The first-order valence-corrected chi connectivity index (χ1v) is 6.09. The molecule has 0 bridgehead atoms. The molecule has 2 aromatic rings. The van der Waals surface area contributed by atoms with E-state index in [1.54, 1.807) is 12.3 Å². The van der Waals surface area contributed by atoms with Crippen molar-refractivity contribution in [3.05, 3.63) is 64.7 Å². The number of pyridine rings is 1. The van der Waals surface area contributed by atoms with E-state index < -0.39 is 0 Å². The molecule has 94 valence electrons. The summed E-state index contributed by atoms with van der Waals surface area (Å²) in [6.45, 7) is 0. The van der Waals surface area contributed by atoms with Gasteiger partial charge in [0.15, 0.2) is 0 Å². The van der Waals surface area contributed by atoms with E-state index in [1.165, 1.54) is 6.20 Å². The number of nitrogens with zero attached hydrogens (tertiary/aromatic N) is 1. The van der Waals surface area contributed by atoms with Crippen LogP contribution in [0.15, 0.2) is 42.7 Å². The van der Waals surface area contributed by atoms with Crippen LogP contribution in [0, 0.1) is 5.82 Å². The summed E-state index contributed by atoms with van der Waals surface area (Å²) in [5.74, 6) is -0.293. The number of halogens is 2. The maximum Gasteiger partial charge on any atom is 0.146 e. The Labute approximate surface area is 111 Å². The normalized spacial score (nSPS) is 12.4. The molecule has 1 unspecified atom stereocenters. The van der Waals surface area contributed by atoms with Crippen LogP contribution >= 0.6 is 11.6 Å². The van der Waals surface area contributed by atoms with E-state index >= 15 is 0 Å². The van der Waals surface area contributed by atoms with Crippen LogP contribution in [0.25, 0.3) is 0 Å². The quantitative estimate of drug-likeness (QED) is 0.916. The molecule has 2 rings (SSSR count). The number of hydrogen-bond donors (Lipinski definition) is 1. The Morgan fingerprint density at radius 2 is 2.22 bits per heavy atom. The lowest BCUT2D eigenvalue weighted by molar-refractivity contribution is 0.530. The Balaban J connectivity index is 2.23. The molecule has 2 nitrogen and oxygen atoms in total. The molecule has 0 saturated heterocycles. The van der Waals surface area contributed by atoms with Crippen molar-refractivity contribution in [2.24, 2.45) is 0 Å². The van der Waals surface area contributed by atoms with Crippen molar-refractivity contribution in [2.45, 2.75) is 12.5 Å². The summed E-state index contributed by atoms with van der Waals surface area (Å²) in [5, 5.41) is 3.81. The van der Waals surface area contributed by atoms with Gasteiger partial charge in [0.25, 0.3) is 0 Å². The minimum atomic E-state index is -0.293. The van der Waals surface area contributed by atoms with Crippen LogP contribution in [0.3, 0.4) is 0 Å². The molecule has 0 aliphatic heterocycles. The van der Waals surface area contributed by atoms with Gasteiger partial charge in [-0.2, -0.15) is 0 Å². The standard InChI is InChI=1S/C14H14ClFN2/c1-17-14(12-5-6-18-9-13(12)16)8-10-3-2-4-11(15)7-10/h2-7,9,14,17H,8H2,1H3. The number of aromatic nitrogens is 1. The maximum absolute atomic E-state index is 13.7. The van der Waals surface area contributed by atoms with Crippen LogP contribution in [0.2, 0.25) is 5.02 Å². The summed E-state index contributed by atoms with van der Waals surface area (Å²) in [4.78, 5) is 3.76. The molecular formula is C14H14ClFN2. The summed E-state index contributed by atoms with van der Waals surface area (Å²) in [6, 6.07) is 9.20. The Morgan fingerprint density at radius 1 is 1.39 bits per heavy atom. The highest BCUT2D eigenvalue weighted by Crippen LogP contribution is 2.21. The maximum atomic E-state index is 13.7. The highest BCUT2D eigenvalue weighted by atomic mass is 35.5. The van der Waals surface area contributed by atoms with Gasteiger partial charge in [-0.05, 0) is 37.2 Å². The second-order valence-corrected chi connectivity index (χ2v) is 4.51. The molecular weight excluding hydrogens is 251 g/mol. The number of likely N-dealkylation sites (N-methyl/N-ethyl adjacent to an activating group) is 1. The Bertz CT molecular complexity index is 531. The molecule has 0 aliphatic carbocycles. The third-order valence-electron chi connectivity index (χ3n) is 2.86. The number of hydrogen-bond acceptors (Lipinski definition) is 2. The predicted molar refractivity (Wildman–Crippen MR) is 71.2 cm³/mol. The van der Waals surface area contributed by atoms with Gasteiger partial charge in [-0.1, -0.05) is 23.7 Å². The first-order chi connectivity index (χ1) is 8.70. The molecule has 4 heteroatoms. The molecule has 1 N–H and O–H groups in total. The molecule has 0 spiro atoms. The van der Waals surface area contributed by atoms with E-state index in [-0.39, 0.29) is 11.9 Å². The van der Waals surface area contributed by atoms with Gasteiger partial charge in [0.2, 0.25) is 0 Å². The molecule has 18 heavy (non-hydrogen) atoms. The van der Waals surface area contributed by atoms with Gasteiger partial charge in [0.05, 0.1) is 6.20 Å². The van der Waals surface area contributed by atoms with Gasteiger partial charge in [-0.3, -0.25) is 4.98 Å². The summed E-state index contributed by atoms with van der Waals surface area (Å²) in [6.07, 6.45) is 3.51. The number of nitrogens with one attached hydrogen (secondary N) is 1. The molecule has 1 aromatic carbocycles. The van der Waals surface area contributed by atoms with Gasteiger partial charge in [-0.25, -0.2) is 4.39 Å². The summed E-state index contributed by atoms with van der Waals surface area (Å²) >= 11 is 5.94. The number of rotatable bonds is 4. The molecule has 1 atom stereocenters. The van der Waals surface area contributed by atoms with Crippen molar-refractivity contribution in [1.82, 2.24) is 10.3 Å². The lowest BCUT2D eigenvalue weighted by Gasteiger charge is -2.17. The van der Waals surface area contributed by atoms with E-state index in [4.69, 9.17) is 11.6 Å². The van der Waals surface area contributed by atoms with E-state index in [2.05, 4.69) is 10.3 Å². The molecule has 0 aliphatic rings. The molecule has 1 heterocycles. The average molecular weight is 265 g/mol. The average Bonchev–Trinajstić information content (AvgIpc) is 2.37. The second kappa shape index (κ2) is 5.94. The zero-order valence-electron chi connectivity index (χ0n) is 10.0. The first-order valence-electron chi connectivity index (χ1n) is 5.72. The largest absolute Gasteiger partial charge is 0.313 e. The van der Waals surface area contributed by atoms with Crippen LogP contribution in [-0.4, -0.2) is 12.0 Å². The van der Waals surface area contributed by atoms with Gasteiger partial charge in [-0.15, -0.1) is 0 Å². The van der Waals surface area contributed by atoms with E-state index in [1.807, 2.05) is 31.3 Å². The molecule has 0 saturated carbocycles. The lowest BCUT2D eigenvalue weighted by Crippen LogP contribution is -2.20. The molecule has 0 amide bonds. The molecule has 1 aromatic heterocycles. The van der Waals surface area contributed by atoms with Gasteiger partial charge >= 0.3 is 0 Å². The second-order valence-electron chi connectivity index (χ2n) is 4.07. The van der Waals surface area contributed by atoms with Gasteiger partial charge < -0.3 is 5.32 Å². The third-order valence-corrected chi connectivity index (χ3v) is 3.09. The van der Waals surface area contributed by atoms with Gasteiger partial charge in [0.1, 0.15) is 5.82 Å². The predicted octanol–water partition coefficient (Wildman–Crippen LogP) is 3.38. The minimum absolute atomic E-state index is 0.0912. The van der Waals surface area contributed by atoms with Crippen LogP contribution in [-0.2, 0) is 6.42 Å². The highest BCUT2D eigenvalue weighted by Gasteiger charge is 2.14. The Hall–Kier alpha value is -1.45. The fourth-order valence-electron chi connectivity index (χ4n) is 1.94. The molecule has 0 radical (unpaired) electrons. The smallest absolute Gasteiger partial charge is 0.146 e. The Kier molecular flexibility index (Phi) is 4.28. The zero-order chi connectivity index (χ0) is 13.0. The number of benzene rings is 1. The van der Waals surface area contributed by atoms with Crippen molar-refractivity contribution in [2.75, 3.05) is 7.05 Å². The van der Waals surface area contributed by atoms with Gasteiger partial charge in [0, 0.05) is 22.8 Å². The van der Waals surface area contributed by atoms with Crippen molar-refractivity contribution in [3.8, 4) is 0 Å².